The van der Waals surface area contributed by atoms with E-state index in [1.54, 1.807) is 0 Å². The van der Waals surface area contributed by atoms with Gasteiger partial charge in [0.1, 0.15) is 5.78 Å². The number of ether oxygens (including phenoxy) is 1. The largest absolute Gasteiger partial charge is 0.379 e. The lowest BCUT2D eigenvalue weighted by molar-refractivity contribution is -0.137. The predicted octanol–water partition coefficient (Wildman–Crippen LogP) is 1.83. The van der Waals surface area contributed by atoms with Crippen LogP contribution in [0.3, 0.4) is 0 Å². The summed E-state index contributed by atoms with van der Waals surface area (Å²) in [7, 11) is 0. The van der Waals surface area contributed by atoms with Crippen molar-refractivity contribution >= 4 is 17.6 Å². The quantitative estimate of drug-likeness (QED) is 0.228. The van der Waals surface area contributed by atoms with E-state index in [0.717, 1.165) is 17.1 Å². The lowest BCUT2D eigenvalue weighted by Gasteiger charge is -2.13. The fourth-order valence-corrected chi connectivity index (χ4v) is 2.19. The van der Waals surface area contributed by atoms with Gasteiger partial charge in [-0.1, -0.05) is 0 Å². The average Bonchev–Trinajstić information content (AvgIpc) is 2.93. The molecule has 2 amide bonds. The Hall–Kier alpha value is -2.62. The number of imide groups is 1. The summed E-state index contributed by atoms with van der Waals surface area (Å²) >= 11 is 0. The van der Waals surface area contributed by atoms with Crippen molar-refractivity contribution in [3.8, 4) is 0 Å². The normalized spacial score (nSPS) is 13.8. The molecule has 1 aliphatic rings. The third-order valence-corrected chi connectivity index (χ3v) is 3.56. The first-order valence-corrected chi connectivity index (χ1v) is 7.37. The standard InChI is InChI=1S/C16H12F5NO4/c17-12-9(13(18)15(20)16(21)14(12)19)7-8(23)3-5-26-6-4-22-10(24)1-2-11(22)25/h1-2H,3-7H2. The second-order valence-electron chi connectivity index (χ2n) is 5.29. The van der Waals surface area contributed by atoms with Crippen molar-refractivity contribution in [1.82, 2.24) is 4.90 Å². The highest BCUT2D eigenvalue weighted by Crippen LogP contribution is 2.23. The molecule has 1 heterocycles. The molecule has 1 aromatic rings. The minimum Gasteiger partial charge on any atom is -0.379 e. The molecule has 0 atom stereocenters. The summed E-state index contributed by atoms with van der Waals surface area (Å²) in [6.45, 7) is -0.330. The van der Waals surface area contributed by atoms with Crippen LogP contribution in [0.1, 0.15) is 12.0 Å². The van der Waals surface area contributed by atoms with Crippen molar-refractivity contribution in [2.45, 2.75) is 12.8 Å². The number of ketones is 1. The zero-order chi connectivity index (χ0) is 19.4. The molecule has 0 saturated heterocycles. The highest BCUT2D eigenvalue weighted by molar-refractivity contribution is 6.12. The zero-order valence-corrected chi connectivity index (χ0v) is 13.2. The molecule has 0 aromatic heterocycles. The summed E-state index contributed by atoms with van der Waals surface area (Å²) in [6, 6.07) is 0. The van der Waals surface area contributed by atoms with E-state index >= 15 is 0 Å². The van der Waals surface area contributed by atoms with Gasteiger partial charge in [0.25, 0.3) is 11.8 Å². The van der Waals surface area contributed by atoms with Crippen LogP contribution in [0.4, 0.5) is 22.0 Å². The monoisotopic (exact) mass is 377 g/mol. The summed E-state index contributed by atoms with van der Waals surface area (Å²) in [5.41, 5.74) is -1.20. The summed E-state index contributed by atoms with van der Waals surface area (Å²) < 4.78 is 71.0. The maximum atomic E-state index is 13.5. The molecule has 1 aromatic carbocycles. The average molecular weight is 377 g/mol. The van der Waals surface area contributed by atoms with Crippen LogP contribution >= 0.6 is 0 Å². The van der Waals surface area contributed by atoms with Crippen molar-refractivity contribution in [1.29, 1.82) is 0 Å². The van der Waals surface area contributed by atoms with Gasteiger partial charge in [-0.05, 0) is 0 Å². The number of nitrogens with zero attached hydrogens (tertiary/aromatic N) is 1. The molecule has 0 aliphatic carbocycles. The van der Waals surface area contributed by atoms with Crippen molar-refractivity contribution < 1.29 is 41.1 Å². The second-order valence-corrected chi connectivity index (χ2v) is 5.29. The smallest absolute Gasteiger partial charge is 0.253 e. The molecular weight excluding hydrogens is 365 g/mol. The first kappa shape index (κ1) is 19.7. The van der Waals surface area contributed by atoms with Crippen LogP contribution in [0.2, 0.25) is 0 Å². The van der Waals surface area contributed by atoms with Gasteiger partial charge in [0.05, 0.1) is 19.8 Å². The molecule has 0 fully saturated rings. The molecule has 1 aliphatic heterocycles. The Balaban J connectivity index is 1.81. The van der Waals surface area contributed by atoms with E-state index in [4.69, 9.17) is 4.74 Å². The Morgan fingerprint density at radius 2 is 1.35 bits per heavy atom. The maximum Gasteiger partial charge on any atom is 0.253 e. The van der Waals surface area contributed by atoms with Crippen LogP contribution in [0.25, 0.3) is 0 Å². The highest BCUT2D eigenvalue weighted by Gasteiger charge is 2.27. The first-order valence-electron chi connectivity index (χ1n) is 7.37. The van der Waals surface area contributed by atoms with E-state index in [9.17, 15) is 36.3 Å². The topological polar surface area (TPSA) is 63.7 Å². The van der Waals surface area contributed by atoms with Gasteiger partial charge in [-0.25, -0.2) is 22.0 Å². The molecule has 0 N–H and O–H groups in total. The Kier molecular flexibility index (Phi) is 6.19. The number of benzene rings is 1. The van der Waals surface area contributed by atoms with Crippen molar-refractivity contribution in [3.63, 3.8) is 0 Å². The Morgan fingerprint density at radius 3 is 1.88 bits per heavy atom. The van der Waals surface area contributed by atoms with Gasteiger partial charge in [0, 0.05) is 30.6 Å². The molecular formula is C16H12F5NO4. The van der Waals surface area contributed by atoms with E-state index in [0.29, 0.717) is 0 Å². The van der Waals surface area contributed by atoms with Crippen molar-refractivity contribution in [3.05, 3.63) is 46.8 Å². The van der Waals surface area contributed by atoms with Crippen LogP contribution in [0, 0.1) is 29.1 Å². The second kappa shape index (κ2) is 8.17. The summed E-state index contributed by atoms with van der Waals surface area (Å²) in [6.07, 6.45) is 0.855. The lowest BCUT2D eigenvalue weighted by Crippen LogP contribution is -2.33. The third-order valence-electron chi connectivity index (χ3n) is 3.56. The minimum atomic E-state index is -2.29. The molecule has 5 nitrogen and oxygen atoms in total. The number of hydrogen-bond acceptors (Lipinski definition) is 4. The summed E-state index contributed by atoms with van der Waals surface area (Å²) in [5.74, 6) is -12.4. The summed E-state index contributed by atoms with van der Waals surface area (Å²) in [4.78, 5) is 35.1. The van der Waals surface area contributed by atoms with Crippen LogP contribution in [-0.4, -0.2) is 42.3 Å². The fraction of sp³-hybridized carbons (Fsp3) is 0.312. The number of amides is 2. The van der Waals surface area contributed by atoms with Gasteiger partial charge in [-0.15, -0.1) is 0 Å². The minimum absolute atomic E-state index is 0.0451. The van der Waals surface area contributed by atoms with Gasteiger partial charge < -0.3 is 4.74 Å². The maximum absolute atomic E-state index is 13.5. The van der Waals surface area contributed by atoms with E-state index in [1.165, 1.54) is 0 Å². The first-order chi connectivity index (χ1) is 12.2. The molecule has 0 bridgehead atoms. The Labute approximate surface area is 144 Å². The molecule has 10 heteroatoms. The number of carbonyl (C=O) groups excluding carboxylic acids is 3. The predicted molar refractivity (Wildman–Crippen MR) is 76.2 cm³/mol. The van der Waals surface area contributed by atoms with Crippen LogP contribution in [-0.2, 0) is 25.5 Å². The van der Waals surface area contributed by atoms with E-state index in [1.807, 2.05) is 0 Å². The van der Waals surface area contributed by atoms with Gasteiger partial charge in [0.15, 0.2) is 23.3 Å². The number of carbonyl (C=O) groups is 3. The van der Waals surface area contributed by atoms with E-state index in [2.05, 4.69) is 0 Å². The number of rotatable bonds is 8. The molecule has 0 spiro atoms. The lowest BCUT2D eigenvalue weighted by atomic mass is 10.0. The van der Waals surface area contributed by atoms with Gasteiger partial charge >= 0.3 is 0 Å². The van der Waals surface area contributed by atoms with E-state index in [-0.39, 0.29) is 26.2 Å². The molecule has 0 unspecified atom stereocenters. The van der Waals surface area contributed by atoms with Gasteiger partial charge in [-0.3, -0.25) is 19.3 Å². The Bertz CT molecular complexity index is 746. The van der Waals surface area contributed by atoms with E-state index < -0.39 is 58.7 Å². The molecule has 2 rings (SSSR count). The van der Waals surface area contributed by atoms with Crippen LogP contribution in [0.15, 0.2) is 12.2 Å². The molecule has 0 radical (unpaired) electrons. The Morgan fingerprint density at radius 1 is 0.846 bits per heavy atom. The number of Topliss-reactive ketones (excluding diaryl/α,β-unsaturated/α-hetero) is 1. The molecule has 0 saturated carbocycles. The number of halogens is 5. The van der Waals surface area contributed by atoms with Crippen molar-refractivity contribution in [2.75, 3.05) is 19.8 Å². The molecule has 140 valence electrons. The van der Waals surface area contributed by atoms with Crippen LogP contribution < -0.4 is 0 Å². The fourth-order valence-electron chi connectivity index (χ4n) is 2.19. The molecule has 26 heavy (non-hydrogen) atoms. The SMILES string of the molecule is O=C(CCOCCN1C(=O)C=CC1=O)Cc1c(F)c(F)c(F)c(F)c1F. The third kappa shape index (κ3) is 4.13. The van der Waals surface area contributed by atoms with Crippen LogP contribution in [0.5, 0.6) is 0 Å². The zero-order valence-electron chi connectivity index (χ0n) is 13.2. The van der Waals surface area contributed by atoms with Crippen molar-refractivity contribution in [2.24, 2.45) is 0 Å². The van der Waals surface area contributed by atoms with Gasteiger partial charge in [-0.2, -0.15) is 0 Å². The highest BCUT2D eigenvalue weighted by atomic mass is 19.2. The summed E-state index contributed by atoms with van der Waals surface area (Å²) in [5, 5.41) is 0. The number of hydrogen-bond donors (Lipinski definition) is 0. The van der Waals surface area contributed by atoms with Gasteiger partial charge in [0.2, 0.25) is 5.82 Å².